The van der Waals surface area contributed by atoms with Gasteiger partial charge >= 0.3 is 7.12 Å². The summed E-state index contributed by atoms with van der Waals surface area (Å²) in [6.45, 7) is 12.2. The van der Waals surface area contributed by atoms with Gasteiger partial charge < -0.3 is 18.8 Å². The minimum absolute atomic E-state index is 0.0373. The van der Waals surface area contributed by atoms with E-state index in [0.29, 0.717) is 0 Å². The second-order valence-electron chi connectivity index (χ2n) is 7.12. The Morgan fingerprint density at radius 1 is 1.00 bits per heavy atom. The van der Waals surface area contributed by atoms with Crippen molar-refractivity contribution in [1.29, 1.82) is 0 Å². The summed E-state index contributed by atoms with van der Waals surface area (Å²) in [4.78, 5) is 0. The fourth-order valence-electron chi connectivity index (χ4n) is 2.87. The largest absolute Gasteiger partial charge is 0.492 e. The summed E-state index contributed by atoms with van der Waals surface area (Å²) in [5.74, 6) is -0.515. The summed E-state index contributed by atoms with van der Waals surface area (Å²) in [5, 5.41) is 0. The summed E-state index contributed by atoms with van der Waals surface area (Å²) in [6, 6.07) is 0. The van der Waals surface area contributed by atoms with E-state index in [9.17, 15) is 0 Å². The Kier molecular flexibility index (Phi) is 2.76. The molecule has 2 fully saturated rings. The van der Waals surface area contributed by atoms with Gasteiger partial charge in [-0.25, -0.2) is 0 Å². The van der Waals surface area contributed by atoms with E-state index in [1.54, 1.807) is 0 Å². The lowest BCUT2D eigenvalue weighted by Crippen LogP contribution is -2.41. The van der Waals surface area contributed by atoms with Crippen LogP contribution in [0.2, 0.25) is 0 Å². The van der Waals surface area contributed by atoms with Crippen LogP contribution in [0, 0.1) is 0 Å². The van der Waals surface area contributed by atoms with Crippen molar-refractivity contribution in [2.24, 2.45) is 0 Å². The van der Waals surface area contributed by atoms with E-state index < -0.39 is 5.79 Å². The van der Waals surface area contributed by atoms with Crippen LogP contribution in [0.1, 0.15) is 48.0 Å². The van der Waals surface area contributed by atoms with Crippen LogP contribution >= 0.6 is 0 Å². The standard InChI is InChI=1S/C14H23BO4/c1-12(2)13(3,4)19-15(18-12)9-7-8-10-11(9)17-14(5,6)16-10/h7,10-11H,8H2,1-6H3/t10-,11+/m0/s1. The molecule has 0 spiro atoms. The number of hydrogen-bond donors (Lipinski definition) is 0. The first kappa shape index (κ1) is 13.6. The van der Waals surface area contributed by atoms with Crippen LogP contribution in [0.15, 0.2) is 11.5 Å². The van der Waals surface area contributed by atoms with Gasteiger partial charge in [0.25, 0.3) is 0 Å². The van der Waals surface area contributed by atoms with Gasteiger partial charge in [-0.05, 0) is 53.4 Å². The van der Waals surface area contributed by atoms with Gasteiger partial charge in [0.15, 0.2) is 5.79 Å². The molecule has 0 aromatic carbocycles. The summed E-state index contributed by atoms with van der Waals surface area (Å²) in [7, 11) is -0.322. The lowest BCUT2D eigenvalue weighted by atomic mass is 9.76. The van der Waals surface area contributed by atoms with E-state index in [4.69, 9.17) is 18.8 Å². The molecule has 19 heavy (non-hydrogen) atoms. The minimum atomic E-state index is -0.515. The summed E-state index contributed by atoms with van der Waals surface area (Å²) < 4.78 is 24.1. The van der Waals surface area contributed by atoms with Gasteiger partial charge in [-0.1, -0.05) is 6.08 Å². The first-order valence-corrected chi connectivity index (χ1v) is 7.03. The van der Waals surface area contributed by atoms with Crippen LogP contribution < -0.4 is 0 Å². The van der Waals surface area contributed by atoms with Crippen molar-refractivity contribution >= 4 is 7.12 Å². The average Bonchev–Trinajstić information content (AvgIpc) is 2.75. The zero-order chi connectivity index (χ0) is 14.1. The number of rotatable bonds is 1. The molecular weight excluding hydrogens is 243 g/mol. The molecule has 0 unspecified atom stereocenters. The normalized spacial score (nSPS) is 38.4. The van der Waals surface area contributed by atoms with Gasteiger partial charge in [0, 0.05) is 0 Å². The lowest BCUT2D eigenvalue weighted by molar-refractivity contribution is -0.144. The topological polar surface area (TPSA) is 36.9 Å². The molecule has 2 heterocycles. The smallest absolute Gasteiger partial charge is 0.400 e. The molecule has 0 amide bonds. The first-order chi connectivity index (χ1) is 8.61. The molecule has 0 N–H and O–H groups in total. The Morgan fingerprint density at radius 3 is 2.16 bits per heavy atom. The van der Waals surface area contributed by atoms with E-state index >= 15 is 0 Å². The molecule has 3 rings (SSSR count). The number of hydrogen-bond acceptors (Lipinski definition) is 4. The van der Waals surface area contributed by atoms with E-state index in [0.717, 1.165) is 11.9 Å². The van der Waals surface area contributed by atoms with E-state index in [1.165, 1.54) is 0 Å². The number of fused-ring (bicyclic) bond motifs is 1. The van der Waals surface area contributed by atoms with Crippen LogP contribution in [-0.4, -0.2) is 36.3 Å². The Bertz CT molecular complexity index is 411. The van der Waals surface area contributed by atoms with Crippen LogP contribution in [0.25, 0.3) is 0 Å². The SMILES string of the molecule is CC1(C)O[C@H]2CC=C(B3OC(C)(C)C(C)(C)O3)[C@H]2O1. The van der Waals surface area contributed by atoms with Gasteiger partial charge in [0.05, 0.1) is 17.3 Å². The third kappa shape index (κ3) is 2.07. The molecule has 5 heteroatoms. The van der Waals surface area contributed by atoms with Crippen molar-refractivity contribution in [3.05, 3.63) is 11.5 Å². The van der Waals surface area contributed by atoms with Crippen molar-refractivity contribution in [2.45, 2.75) is 77.2 Å². The summed E-state index contributed by atoms with van der Waals surface area (Å²) in [5.41, 5.74) is 0.450. The van der Waals surface area contributed by atoms with Crippen LogP contribution in [0.3, 0.4) is 0 Å². The molecular formula is C14H23BO4. The molecule has 0 saturated carbocycles. The van der Waals surface area contributed by atoms with E-state index in [1.807, 2.05) is 13.8 Å². The van der Waals surface area contributed by atoms with Gasteiger partial charge in [-0.2, -0.15) is 0 Å². The van der Waals surface area contributed by atoms with Crippen LogP contribution in [-0.2, 0) is 18.8 Å². The summed E-state index contributed by atoms with van der Waals surface area (Å²) in [6.07, 6.45) is 3.08. The van der Waals surface area contributed by atoms with Crippen molar-refractivity contribution in [3.63, 3.8) is 0 Å². The fraction of sp³-hybridized carbons (Fsp3) is 0.857. The highest BCUT2D eigenvalue weighted by molar-refractivity contribution is 6.55. The Balaban J connectivity index is 1.79. The number of ether oxygens (including phenoxy) is 2. The minimum Gasteiger partial charge on any atom is -0.400 e. The van der Waals surface area contributed by atoms with Gasteiger partial charge in [-0.15, -0.1) is 0 Å². The van der Waals surface area contributed by atoms with Crippen molar-refractivity contribution < 1.29 is 18.8 Å². The maximum Gasteiger partial charge on any atom is 0.492 e. The van der Waals surface area contributed by atoms with Crippen LogP contribution in [0.5, 0.6) is 0 Å². The van der Waals surface area contributed by atoms with Crippen molar-refractivity contribution in [3.8, 4) is 0 Å². The van der Waals surface area contributed by atoms with Gasteiger partial charge in [-0.3, -0.25) is 0 Å². The molecule has 0 aromatic rings. The Morgan fingerprint density at radius 2 is 1.58 bits per heavy atom. The second-order valence-corrected chi connectivity index (χ2v) is 7.12. The maximum atomic E-state index is 6.10. The quantitative estimate of drug-likeness (QED) is 0.683. The lowest BCUT2D eigenvalue weighted by Gasteiger charge is -2.32. The van der Waals surface area contributed by atoms with Gasteiger partial charge in [0.2, 0.25) is 0 Å². The molecule has 2 aliphatic heterocycles. The molecule has 2 atom stereocenters. The zero-order valence-electron chi connectivity index (χ0n) is 12.6. The van der Waals surface area contributed by atoms with Crippen molar-refractivity contribution in [1.82, 2.24) is 0 Å². The zero-order valence-corrected chi connectivity index (χ0v) is 12.6. The third-order valence-corrected chi connectivity index (χ3v) is 4.62. The highest BCUT2D eigenvalue weighted by Gasteiger charge is 2.57. The monoisotopic (exact) mass is 266 g/mol. The summed E-state index contributed by atoms with van der Waals surface area (Å²) >= 11 is 0. The average molecular weight is 266 g/mol. The predicted octanol–water partition coefficient (Wildman–Crippen LogP) is 2.47. The van der Waals surface area contributed by atoms with Crippen LogP contribution in [0.4, 0.5) is 0 Å². The Hall–Kier alpha value is -0.355. The fourth-order valence-corrected chi connectivity index (χ4v) is 2.87. The molecule has 1 aliphatic carbocycles. The molecule has 2 saturated heterocycles. The predicted molar refractivity (Wildman–Crippen MR) is 72.6 cm³/mol. The highest BCUT2D eigenvalue weighted by atomic mass is 16.8. The molecule has 4 nitrogen and oxygen atoms in total. The molecule has 3 aliphatic rings. The molecule has 0 aromatic heterocycles. The molecule has 106 valence electrons. The maximum absolute atomic E-state index is 6.10. The molecule has 0 bridgehead atoms. The Labute approximate surface area is 115 Å². The third-order valence-electron chi connectivity index (χ3n) is 4.62. The first-order valence-electron chi connectivity index (χ1n) is 7.03. The van der Waals surface area contributed by atoms with Crippen molar-refractivity contribution in [2.75, 3.05) is 0 Å². The second kappa shape index (κ2) is 3.85. The van der Waals surface area contributed by atoms with Gasteiger partial charge in [0.1, 0.15) is 6.10 Å². The molecule has 0 radical (unpaired) electrons. The van der Waals surface area contributed by atoms with E-state index in [2.05, 4.69) is 33.8 Å². The highest BCUT2D eigenvalue weighted by Crippen LogP contribution is 2.44. The van der Waals surface area contributed by atoms with E-state index in [-0.39, 0.29) is 30.5 Å².